The van der Waals surface area contributed by atoms with Crippen LogP contribution in [0.2, 0.25) is 0 Å². The van der Waals surface area contributed by atoms with Crippen LogP contribution in [0.15, 0.2) is 18.2 Å². The lowest BCUT2D eigenvalue weighted by Gasteiger charge is -2.32. The van der Waals surface area contributed by atoms with E-state index in [-0.39, 0.29) is 16.9 Å². The van der Waals surface area contributed by atoms with Gasteiger partial charge in [0, 0.05) is 17.7 Å². The van der Waals surface area contributed by atoms with Crippen LogP contribution in [0.4, 0.5) is 11.4 Å². The summed E-state index contributed by atoms with van der Waals surface area (Å²) in [4.78, 5) is 12.1. The molecule has 1 rings (SSSR count). The number of hydrogen-bond donors (Lipinski definition) is 1. The normalized spacial score (nSPS) is 11.6. The first-order valence-electron chi connectivity index (χ1n) is 5.58. The predicted molar refractivity (Wildman–Crippen MR) is 70.8 cm³/mol. The smallest absolute Gasteiger partial charge is 0.292 e. The number of hydrogen-bond acceptors (Lipinski definition) is 5. The molecule has 0 bridgehead atoms. The Morgan fingerprint density at radius 3 is 2.50 bits per heavy atom. The van der Waals surface area contributed by atoms with Gasteiger partial charge in [0.25, 0.3) is 5.69 Å². The van der Waals surface area contributed by atoms with Gasteiger partial charge in [0.1, 0.15) is 18.0 Å². The van der Waals surface area contributed by atoms with E-state index >= 15 is 0 Å². The molecule has 0 aliphatic carbocycles. The maximum atomic E-state index is 10.6. The standard InChI is InChI=1S/C12H19N3O3/c1-12(2,14(3)4)8-18-9-5-6-11(15(16)17)10(13)7-9/h5-7H,8,13H2,1-4H3. The molecule has 0 fully saturated rings. The Hall–Kier alpha value is -1.82. The summed E-state index contributed by atoms with van der Waals surface area (Å²) < 4.78 is 5.60. The first-order valence-corrected chi connectivity index (χ1v) is 5.58. The highest BCUT2D eigenvalue weighted by molar-refractivity contribution is 5.60. The number of ether oxygens (including phenoxy) is 1. The SMILES string of the molecule is CN(C)C(C)(C)COc1ccc([N+](=O)[O-])c(N)c1. The van der Waals surface area contributed by atoms with Crippen molar-refractivity contribution in [3.05, 3.63) is 28.3 Å². The van der Waals surface area contributed by atoms with Crippen LogP contribution in [0, 0.1) is 10.1 Å². The van der Waals surface area contributed by atoms with Crippen molar-refractivity contribution in [1.82, 2.24) is 4.90 Å². The minimum absolute atomic E-state index is 0.103. The Bertz CT molecular complexity index is 444. The summed E-state index contributed by atoms with van der Waals surface area (Å²) in [5.74, 6) is 0.535. The fourth-order valence-corrected chi connectivity index (χ4v) is 1.18. The van der Waals surface area contributed by atoms with Crippen LogP contribution < -0.4 is 10.5 Å². The molecule has 0 amide bonds. The molecule has 6 heteroatoms. The molecule has 1 aromatic rings. The topological polar surface area (TPSA) is 81.6 Å². The summed E-state index contributed by atoms with van der Waals surface area (Å²) in [6.45, 7) is 4.56. The Balaban J connectivity index is 2.76. The molecule has 18 heavy (non-hydrogen) atoms. The first kappa shape index (κ1) is 14.2. The molecule has 0 aliphatic heterocycles. The van der Waals surface area contributed by atoms with Crippen molar-refractivity contribution in [3.63, 3.8) is 0 Å². The highest BCUT2D eigenvalue weighted by atomic mass is 16.6. The lowest BCUT2D eigenvalue weighted by molar-refractivity contribution is -0.383. The molecule has 0 radical (unpaired) electrons. The molecule has 0 heterocycles. The fraction of sp³-hybridized carbons (Fsp3) is 0.500. The lowest BCUT2D eigenvalue weighted by Crippen LogP contribution is -2.43. The zero-order valence-corrected chi connectivity index (χ0v) is 11.1. The van der Waals surface area contributed by atoms with Gasteiger partial charge < -0.3 is 15.4 Å². The van der Waals surface area contributed by atoms with Gasteiger partial charge >= 0.3 is 0 Å². The van der Waals surface area contributed by atoms with Crippen molar-refractivity contribution in [3.8, 4) is 5.75 Å². The molecule has 0 aromatic heterocycles. The molecular formula is C12H19N3O3. The average Bonchev–Trinajstić information content (AvgIpc) is 2.25. The number of nitro benzene ring substituents is 1. The third-order valence-corrected chi connectivity index (χ3v) is 3.00. The fourth-order valence-electron chi connectivity index (χ4n) is 1.18. The van der Waals surface area contributed by atoms with Gasteiger partial charge in [-0.25, -0.2) is 0 Å². The zero-order valence-electron chi connectivity index (χ0n) is 11.1. The summed E-state index contributed by atoms with van der Waals surface area (Å²) in [5, 5.41) is 10.6. The molecular weight excluding hydrogens is 234 g/mol. The molecule has 0 saturated heterocycles. The van der Waals surface area contributed by atoms with Gasteiger partial charge in [0.15, 0.2) is 0 Å². The highest BCUT2D eigenvalue weighted by Gasteiger charge is 2.21. The molecule has 0 saturated carbocycles. The largest absolute Gasteiger partial charge is 0.492 e. The number of nitrogens with two attached hydrogens (primary N) is 1. The Kier molecular flexibility index (Phi) is 4.13. The number of likely N-dealkylation sites (N-methyl/N-ethyl adjacent to an activating group) is 1. The summed E-state index contributed by atoms with van der Waals surface area (Å²) >= 11 is 0. The van der Waals surface area contributed by atoms with Crippen LogP contribution in [0.5, 0.6) is 5.75 Å². The van der Waals surface area contributed by atoms with Gasteiger partial charge in [0.2, 0.25) is 0 Å². The average molecular weight is 253 g/mol. The second-order valence-electron chi connectivity index (χ2n) is 4.97. The van der Waals surface area contributed by atoms with Gasteiger partial charge in [-0.3, -0.25) is 10.1 Å². The van der Waals surface area contributed by atoms with Gasteiger partial charge in [-0.2, -0.15) is 0 Å². The van der Waals surface area contributed by atoms with Gasteiger partial charge in [-0.15, -0.1) is 0 Å². The second kappa shape index (κ2) is 5.22. The molecule has 2 N–H and O–H groups in total. The van der Waals surface area contributed by atoms with Crippen molar-refractivity contribution in [2.45, 2.75) is 19.4 Å². The van der Waals surface area contributed by atoms with Crippen molar-refractivity contribution in [2.24, 2.45) is 0 Å². The summed E-state index contributed by atoms with van der Waals surface area (Å²) in [7, 11) is 3.93. The lowest BCUT2D eigenvalue weighted by atomic mass is 10.1. The minimum atomic E-state index is -0.511. The minimum Gasteiger partial charge on any atom is -0.492 e. The maximum Gasteiger partial charge on any atom is 0.292 e. The summed E-state index contributed by atoms with van der Waals surface area (Å²) in [6, 6.07) is 4.39. The van der Waals surface area contributed by atoms with E-state index in [1.807, 2.05) is 32.8 Å². The third-order valence-electron chi connectivity index (χ3n) is 3.00. The third kappa shape index (κ3) is 3.33. The number of rotatable bonds is 5. The second-order valence-corrected chi connectivity index (χ2v) is 4.97. The Morgan fingerprint density at radius 1 is 1.44 bits per heavy atom. The predicted octanol–water partition coefficient (Wildman–Crippen LogP) is 1.90. The number of nitrogens with zero attached hydrogens (tertiary/aromatic N) is 2. The summed E-state index contributed by atoms with van der Waals surface area (Å²) in [6.07, 6.45) is 0. The van der Waals surface area contributed by atoms with Gasteiger partial charge in [-0.05, 0) is 34.0 Å². The number of nitrogen functional groups attached to an aromatic ring is 1. The van der Waals surface area contributed by atoms with Gasteiger partial charge in [0.05, 0.1) is 4.92 Å². The number of anilines is 1. The monoisotopic (exact) mass is 253 g/mol. The van der Waals surface area contributed by atoms with Crippen LogP contribution in [0.1, 0.15) is 13.8 Å². The molecule has 6 nitrogen and oxygen atoms in total. The van der Waals surface area contributed by atoms with E-state index in [4.69, 9.17) is 10.5 Å². The first-order chi connectivity index (χ1) is 8.24. The van der Waals surface area contributed by atoms with E-state index in [1.54, 1.807) is 6.07 Å². The van der Waals surface area contributed by atoms with E-state index in [2.05, 4.69) is 0 Å². The Labute approximate surface area is 106 Å². The molecule has 0 unspecified atom stereocenters. The molecule has 100 valence electrons. The molecule has 0 spiro atoms. The molecule has 0 aliphatic rings. The van der Waals surface area contributed by atoms with E-state index in [9.17, 15) is 10.1 Å². The van der Waals surface area contributed by atoms with Crippen LogP contribution in [0.3, 0.4) is 0 Å². The van der Waals surface area contributed by atoms with Crippen molar-refractivity contribution < 1.29 is 9.66 Å². The van der Waals surface area contributed by atoms with E-state index in [1.165, 1.54) is 12.1 Å². The molecule has 1 aromatic carbocycles. The van der Waals surface area contributed by atoms with E-state index in [0.29, 0.717) is 12.4 Å². The van der Waals surface area contributed by atoms with Crippen LogP contribution in [-0.4, -0.2) is 36.1 Å². The number of nitro groups is 1. The zero-order chi connectivity index (χ0) is 13.9. The van der Waals surface area contributed by atoms with E-state index in [0.717, 1.165) is 0 Å². The van der Waals surface area contributed by atoms with Crippen LogP contribution >= 0.6 is 0 Å². The van der Waals surface area contributed by atoms with E-state index < -0.39 is 4.92 Å². The summed E-state index contributed by atoms with van der Waals surface area (Å²) in [5.41, 5.74) is 5.47. The van der Waals surface area contributed by atoms with Crippen LogP contribution in [0.25, 0.3) is 0 Å². The number of benzene rings is 1. The van der Waals surface area contributed by atoms with Crippen molar-refractivity contribution in [2.75, 3.05) is 26.4 Å². The van der Waals surface area contributed by atoms with Crippen molar-refractivity contribution >= 4 is 11.4 Å². The molecule has 0 atom stereocenters. The Morgan fingerprint density at radius 2 is 2.06 bits per heavy atom. The maximum absolute atomic E-state index is 10.6. The van der Waals surface area contributed by atoms with Crippen molar-refractivity contribution in [1.29, 1.82) is 0 Å². The van der Waals surface area contributed by atoms with Crippen LogP contribution in [-0.2, 0) is 0 Å². The quantitative estimate of drug-likeness (QED) is 0.492. The highest BCUT2D eigenvalue weighted by Crippen LogP contribution is 2.26. The van der Waals surface area contributed by atoms with Gasteiger partial charge in [-0.1, -0.05) is 0 Å².